The third kappa shape index (κ3) is 3.60. The summed E-state index contributed by atoms with van der Waals surface area (Å²) in [6, 6.07) is 14.5. The second-order valence-electron chi connectivity index (χ2n) is 8.28. The van der Waals surface area contributed by atoms with E-state index >= 15 is 0 Å². The first-order chi connectivity index (χ1) is 14.1. The third-order valence-electron chi connectivity index (χ3n) is 6.09. The number of ether oxygens (including phenoxy) is 1. The summed E-state index contributed by atoms with van der Waals surface area (Å²) < 4.78 is 6.31. The molecule has 2 aromatic rings. The number of amides is 1. The number of carboxylic acid groups (broad SMARTS) is 1. The lowest BCUT2D eigenvalue weighted by Crippen LogP contribution is -2.46. The Morgan fingerprint density at radius 3 is 2.59 bits per heavy atom. The zero-order chi connectivity index (χ0) is 20.0. The van der Waals surface area contributed by atoms with E-state index in [1.165, 1.54) is 12.8 Å². The molecule has 150 valence electrons. The van der Waals surface area contributed by atoms with Crippen LogP contribution in [-0.4, -0.2) is 47.1 Å². The number of likely N-dealkylation sites (tertiary alicyclic amines) is 1. The lowest BCUT2D eigenvalue weighted by atomic mass is 10.1. The van der Waals surface area contributed by atoms with Crippen molar-refractivity contribution >= 4 is 17.6 Å². The van der Waals surface area contributed by atoms with Crippen molar-refractivity contribution in [1.29, 1.82) is 0 Å². The van der Waals surface area contributed by atoms with Gasteiger partial charge in [-0.1, -0.05) is 24.3 Å². The number of carboxylic acids is 1. The predicted octanol–water partition coefficient (Wildman–Crippen LogP) is 3.16. The largest absolute Gasteiger partial charge is 0.487 e. The standard InChI is InChI=1S/C23H24N2O4/c26-22-20-11-18(14-24(20)12-15-7-9-17(10-8-15)23(27)28)29-21-4-2-1-3-19(21)25(22)13-16-5-6-16/h1-4,7-10,16,18,20H,5-6,11-14H2,(H,27,28). The smallest absolute Gasteiger partial charge is 0.335 e. The Morgan fingerprint density at radius 2 is 1.86 bits per heavy atom. The van der Waals surface area contributed by atoms with Gasteiger partial charge < -0.3 is 14.7 Å². The highest BCUT2D eigenvalue weighted by atomic mass is 16.5. The first kappa shape index (κ1) is 18.2. The topological polar surface area (TPSA) is 70.1 Å². The maximum atomic E-state index is 13.6. The molecule has 6 heteroatoms. The van der Waals surface area contributed by atoms with Crippen molar-refractivity contribution in [1.82, 2.24) is 4.90 Å². The van der Waals surface area contributed by atoms with Crippen molar-refractivity contribution < 1.29 is 19.4 Å². The van der Waals surface area contributed by atoms with Gasteiger partial charge in [-0.3, -0.25) is 9.69 Å². The lowest BCUT2D eigenvalue weighted by molar-refractivity contribution is -0.123. The first-order valence-electron chi connectivity index (χ1n) is 10.2. The Balaban J connectivity index is 1.41. The minimum Gasteiger partial charge on any atom is -0.487 e. The van der Waals surface area contributed by atoms with E-state index in [1.54, 1.807) is 12.1 Å². The van der Waals surface area contributed by atoms with Crippen LogP contribution in [0.4, 0.5) is 5.69 Å². The highest BCUT2D eigenvalue weighted by Crippen LogP contribution is 2.39. The zero-order valence-electron chi connectivity index (χ0n) is 16.2. The second kappa shape index (κ2) is 7.19. The maximum absolute atomic E-state index is 13.6. The fraction of sp³-hybridized carbons (Fsp3) is 0.391. The van der Waals surface area contributed by atoms with E-state index in [1.807, 2.05) is 41.3 Å². The molecule has 2 aromatic carbocycles. The van der Waals surface area contributed by atoms with Gasteiger partial charge in [0.05, 0.1) is 17.3 Å². The summed E-state index contributed by atoms with van der Waals surface area (Å²) in [7, 11) is 0. The number of nitrogens with zero attached hydrogens (tertiary/aromatic N) is 2. The molecule has 1 N–H and O–H groups in total. The summed E-state index contributed by atoms with van der Waals surface area (Å²) in [4.78, 5) is 28.8. The summed E-state index contributed by atoms with van der Waals surface area (Å²) in [6.07, 6.45) is 3.02. The van der Waals surface area contributed by atoms with Gasteiger partial charge in [0.1, 0.15) is 11.9 Å². The van der Waals surface area contributed by atoms with Gasteiger partial charge in [-0.15, -0.1) is 0 Å². The summed E-state index contributed by atoms with van der Waals surface area (Å²) >= 11 is 0. The molecule has 5 rings (SSSR count). The monoisotopic (exact) mass is 392 g/mol. The molecule has 2 unspecified atom stereocenters. The molecule has 0 radical (unpaired) electrons. The fourth-order valence-corrected chi connectivity index (χ4v) is 4.37. The molecule has 2 aliphatic heterocycles. The van der Waals surface area contributed by atoms with Crippen LogP contribution in [0.2, 0.25) is 0 Å². The van der Waals surface area contributed by atoms with Gasteiger partial charge in [0.15, 0.2) is 0 Å². The number of para-hydroxylation sites is 2. The first-order valence-corrected chi connectivity index (χ1v) is 10.2. The molecule has 3 aliphatic rings. The van der Waals surface area contributed by atoms with Gasteiger partial charge in [-0.05, 0) is 48.6 Å². The summed E-state index contributed by atoms with van der Waals surface area (Å²) in [5, 5.41) is 9.10. The summed E-state index contributed by atoms with van der Waals surface area (Å²) in [6.45, 7) is 2.04. The van der Waals surface area contributed by atoms with Crippen LogP contribution in [0.15, 0.2) is 48.5 Å². The number of anilines is 1. The van der Waals surface area contributed by atoms with Crippen LogP contribution in [0.3, 0.4) is 0 Å². The molecule has 1 saturated heterocycles. The molecule has 2 fully saturated rings. The van der Waals surface area contributed by atoms with Crippen molar-refractivity contribution in [3.63, 3.8) is 0 Å². The van der Waals surface area contributed by atoms with Crippen LogP contribution >= 0.6 is 0 Å². The summed E-state index contributed by atoms with van der Waals surface area (Å²) in [5.74, 6) is 0.592. The van der Waals surface area contributed by atoms with Crippen molar-refractivity contribution in [3.8, 4) is 5.75 Å². The number of hydrogen-bond donors (Lipinski definition) is 1. The molecule has 2 atom stereocenters. The molecule has 6 nitrogen and oxygen atoms in total. The SMILES string of the molecule is O=C(O)c1ccc(CN2CC3CC2C(=O)N(CC2CC2)c2ccccc2O3)cc1. The normalized spacial score (nSPS) is 23.9. The van der Waals surface area contributed by atoms with Crippen LogP contribution in [0.1, 0.15) is 35.2 Å². The average Bonchev–Trinajstić information content (AvgIpc) is 3.45. The number of benzene rings is 2. The quantitative estimate of drug-likeness (QED) is 0.846. The molecular weight excluding hydrogens is 368 g/mol. The van der Waals surface area contributed by atoms with Crippen LogP contribution < -0.4 is 9.64 Å². The summed E-state index contributed by atoms with van der Waals surface area (Å²) in [5.41, 5.74) is 2.15. The fourth-order valence-electron chi connectivity index (χ4n) is 4.37. The average molecular weight is 392 g/mol. The van der Waals surface area contributed by atoms with Crippen LogP contribution in [0.25, 0.3) is 0 Å². The molecular formula is C23H24N2O4. The van der Waals surface area contributed by atoms with Crippen molar-refractivity contribution in [2.24, 2.45) is 5.92 Å². The van der Waals surface area contributed by atoms with Crippen molar-refractivity contribution in [2.75, 3.05) is 18.0 Å². The Bertz CT molecular complexity index is 938. The number of aromatic carboxylic acids is 1. The van der Waals surface area contributed by atoms with Gasteiger partial charge in [0.2, 0.25) is 5.91 Å². The Labute approximate surface area is 169 Å². The van der Waals surface area contributed by atoms with Crippen LogP contribution in [0.5, 0.6) is 5.75 Å². The highest BCUT2D eigenvalue weighted by molar-refractivity contribution is 5.99. The number of carbonyl (C=O) groups is 2. The van der Waals surface area contributed by atoms with Crippen molar-refractivity contribution in [3.05, 3.63) is 59.7 Å². The number of rotatable bonds is 5. The van der Waals surface area contributed by atoms with E-state index in [0.29, 0.717) is 25.4 Å². The zero-order valence-corrected chi connectivity index (χ0v) is 16.2. The van der Waals surface area contributed by atoms with Crippen LogP contribution in [0, 0.1) is 5.92 Å². The number of hydrogen-bond acceptors (Lipinski definition) is 4. The minimum absolute atomic E-state index is 0.0218. The molecule has 2 bridgehead atoms. The van der Waals surface area contributed by atoms with Gasteiger partial charge in [-0.2, -0.15) is 0 Å². The third-order valence-corrected chi connectivity index (χ3v) is 6.09. The predicted molar refractivity (Wildman–Crippen MR) is 108 cm³/mol. The Hall–Kier alpha value is -2.86. The van der Waals surface area contributed by atoms with E-state index in [2.05, 4.69) is 4.90 Å². The second-order valence-corrected chi connectivity index (χ2v) is 8.28. The van der Waals surface area contributed by atoms with E-state index in [0.717, 1.165) is 23.5 Å². The molecule has 0 spiro atoms. The van der Waals surface area contributed by atoms with E-state index in [9.17, 15) is 9.59 Å². The van der Waals surface area contributed by atoms with Gasteiger partial charge in [0.25, 0.3) is 0 Å². The number of fused-ring (bicyclic) bond motifs is 3. The van der Waals surface area contributed by atoms with E-state index < -0.39 is 5.97 Å². The van der Waals surface area contributed by atoms with Gasteiger partial charge in [0, 0.05) is 26.1 Å². The van der Waals surface area contributed by atoms with E-state index in [-0.39, 0.29) is 23.6 Å². The molecule has 2 heterocycles. The van der Waals surface area contributed by atoms with Crippen molar-refractivity contribution in [2.45, 2.75) is 38.0 Å². The molecule has 0 aromatic heterocycles. The highest BCUT2D eigenvalue weighted by Gasteiger charge is 2.43. The minimum atomic E-state index is -0.932. The van der Waals surface area contributed by atoms with Gasteiger partial charge in [-0.25, -0.2) is 4.79 Å². The molecule has 1 saturated carbocycles. The maximum Gasteiger partial charge on any atom is 0.335 e. The van der Waals surface area contributed by atoms with E-state index in [4.69, 9.17) is 9.84 Å². The van der Waals surface area contributed by atoms with Gasteiger partial charge >= 0.3 is 5.97 Å². The number of carbonyl (C=O) groups excluding carboxylic acids is 1. The lowest BCUT2D eigenvalue weighted by Gasteiger charge is -2.32. The van der Waals surface area contributed by atoms with Crippen LogP contribution in [-0.2, 0) is 11.3 Å². The molecule has 29 heavy (non-hydrogen) atoms. The molecule has 1 aliphatic carbocycles. The molecule has 1 amide bonds. The Kier molecular flexibility index (Phi) is 4.51. The Morgan fingerprint density at radius 1 is 1.10 bits per heavy atom.